The van der Waals surface area contributed by atoms with Crippen LogP contribution in [0.1, 0.15) is 38.1 Å². The minimum atomic E-state index is 0.564. The van der Waals surface area contributed by atoms with E-state index in [0.717, 1.165) is 17.9 Å². The van der Waals surface area contributed by atoms with Crippen LogP contribution in [0.15, 0.2) is 24.4 Å². The van der Waals surface area contributed by atoms with E-state index in [4.69, 9.17) is 0 Å². The SMILES string of the molecule is CCCC(C)NCc1c(C)nc2ccccn12. The molecule has 2 rings (SSSR count). The van der Waals surface area contributed by atoms with Crippen LogP contribution >= 0.6 is 0 Å². The molecule has 0 spiro atoms. The molecule has 0 aliphatic rings. The van der Waals surface area contributed by atoms with E-state index in [1.807, 2.05) is 18.2 Å². The molecule has 1 atom stereocenters. The zero-order chi connectivity index (χ0) is 12.3. The van der Waals surface area contributed by atoms with Gasteiger partial charge in [0.25, 0.3) is 0 Å². The molecule has 0 saturated carbocycles. The third-order valence-corrected chi connectivity index (χ3v) is 3.17. The van der Waals surface area contributed by atoms with Crippen molar-refractivity contribution < 1.29 is 0 Å². The number of aryl methyl sites for hydroxylation is 1. The van der Waals surface area contributed by atoms with Gasteiger partial charge in [0.05, 0.1) is 11.4 Å². The van der Waals surface area contributed by atoms with Crippen LogP contribution in [-0.2, 0) is 6.54 Å². The Morgan fingerprint density at radius 1 is 1.41 bits per heavy atom. The predicted molar refractivity (Wildman–Crippen MR) is 71.1 cm³/mol. The maximum atomic E-state index is 4.56. The van der Waals surface area contributed by atoms with Crippen LogP contribution in [0.25, 0.3) is 5.65 Å². The molecule has 0 bridgehead atoms. The van der Waals surface area contributed by atoms with E-state index in [2.05, 4.69) is 41.7 Å². The van der Waals surface area contributed by atoms with E-state index < -0.39 is 0 Å². The molecule has 0 saturated heterocycles. The second-order valence-corrected chi connectivity index (χ2v) is 4.64. The Morgan fingerprint density at radius 3 is 3.00 bits per heavy atom. The van der Waals surface area contributed by atoms with Gasteiger partial charge in [-0.05, 0) is 32.4 Å². The molecule has 2 aromatic rings. The molecule has 3 nitrogen and oxygen atoms in total. The molecule has 0 radical (unpaired) electrons. The van der Waals surface area contributed by atoms with Crippen molar-refractivity contribution in [1.29, 1.82) is 0 Å². The van der Waals surface area contributed by atoms with Crippen molar-refractivity contribution in [3.63, 3.8) is 0 Å². The van der Waals surface area contributed by atoms with Crippen molar-refractivity contribution in [3.8, 4) is 0 Å². The fourth-order valence-electron chi connectivity index (χ4n) is 2.18. The van der Waals surface area contributed by atoms with E-state index in [1.54, 1.807) is 0 Å². The summed E-state index contributed by atoms with van der Waals surface area (Å²) in [5.41, 5.74) is 3.42. The molecule has 2 aromatic heterocycles. The second kappa shape index (κ2) is 5.32. The van der Waals surface area contributed by atoms with E-state index >= 15 is 0 Å². The van der Waals surface area contributed by atoms with Crippen molar-refractivity contribution in [2.75, 3.05) is 0 Å². The average Bonchev–Trinajstić information content (AvgIpc) is 2.62. The molecule has 1 N–H and O–H groups in total. The third-order valence-electron chi connectivity index (χ3n) is 3.17. The zero-order valence-corrected chi connectivity index (χ0v) is 10.9. The van der Waals surface area contributed by atoms with Gasteiger partial charge in [-0.1, -0.05) is 19.4 Å². The fraction of sp³-hybridized carbons (Fsp3) is 0.500. The van der Waals surface area contributed by atoms with Gasteiger partial charge >= 0.3 is 0 Å². The molecule has 0 fully saturated rings. The summed E-state index contributed by atoms with van der Waals surface area (Å²) in [5, 5.41) is 3.56. The average molecular weight is 231 g/mol. The lowest BCUT2D eigenvalue weighted by Crippen LogP contribution is -2.26. The molecule has 0 aliphatic heterocycles. The summed E-state index contributed by atoms with van der Waals surface area (Å²) in [4.78, 5) is 4.56. The predicted octanol–water partition coefficient (Wildman–Crippen LogP) is 2.92. The van der Waals surface area contributed by atoms with Crippen molar-refractivity contribution in [1.82, 2.24) is 14.7 Å². The molecule has 1 unspecified atom stereocenters. The molecule has 0 aliphatic carbocycles. The van der Waals surface area contributed by atoms with Crippen LogP contribution < -0.4 is 5.32 Å². The highest BCUT2D eigenvalue weighted by atomic mass is 15.0. The number of nitrogens with zero attached hydrogens (tertiary/aromatic N) is 2. The van der Waals surface area contributed by atoms with Crippen molar-refractivity contribution in [2.45, 2.75) is 46.2 Å². The van der Waals surface area contributed by atoms with Crippen molar-refractivity contribution in [2.24, 2.45) is 0 Å². The fourth-order valence-corrected chi connectivity index (χ4v) is 2.18. The first-order valence-corrected chi connectivity index (χ1v) is 6.38. The summed E-state index contributed by atoms with van der Waals surface area (Å²) in [6.07, 6.45) is 4.52. The number of hydrogen-bond donors (Lipinski definition) is 1. The first-order chi connectivity index (χ1) is 8.22. The molecule has 0 aromatic carbocycles. The van der Waals surface area contributed by atoms with Crippen molar-refractivity contribution >= 4 is 5.65 Å². The molecular formula is C14H21N3. The maximum Gasteiger partial charge on any atom is 0.137 e. The van der Waals surface area contributed by atoms with Crippen molar-refractivity contribution in [3.05, 3.63) is 35.8 Å². The summed E-state index contributed by atoms with van der Waals surface area (Å²) in [6.45, 7) is 7.42. The standard InChI is InChI=1S/C14H21N3/c1-4-7-11(2)15-10-13-12(3)16-14-8-5-6-9-17(13)14/h5-6,8-9,11,15H,4,7,10H2,1-3H3. The quantitative estimate of drug-likeness (QED) is 0.857. The minimum absolute atomic E-state index is 0.564. The van der Waals surface area contributed by atoms with E-state index in [1.165, 1.54) is 18.5 Å². The van der Waals surface area contributed by atoms with Gasteiger partial charge in [-0.2, -0.15) is 0 Å². The summed E-state index contributed by atoms with van der Waals surface area (Å²) in [7, 11) is 0. The van der Waals surface area contributed by atoms with Gasteiger partial charge in [-0.3, -0.25) is 0 Å². The lowest BCUT2D eigenvalue weighted by molar-refractivity contribution is 0.502. The van der Waals surface area contributed by atoms with Crippen LogP contribution in [0.4, 0.5) is 0 Å². The summed E-state index contributed by atoms with van der Waals surface area (Å²) in [5.74, 6) is 0. The number of nitrogens with one attached hydrogen (secondary N) is 1. The largest absolute Gasteiger partial charge is 0.309 e. The maximum absolute atomic E-state index is 4.56. The number of imidazole rings is 1. The number of pyridine rings is 1. The van der Waals surface area contributed by atoms with E-state index in [0.29, 0.717) is 6.04 Å². The van der Waals surface area contributed by atoms with Crippen LogP contribution in [-0.4, -0.2) is 15.4 Å². The molecular weight excluding hydrogens is 210 g/mol. The van der Waals surface area contributed by atoms with Crippen LogP contribution in [0.2, 0.25) is 0 Å². The Bertz CT molecular complexity index is 487. The monoisotopic (exact) mass is 231 g/mol. The van der Waals surface area contributed by atoms with Crippen LogP contribution in [0.3, 0.4) is 0 Å². The van der Waals surface area contributed by atoms with E-state index in [-0.39, 0.29) is 0 Å². The number of aromatic nitrogens is 2. The highest BCUT2D eigenvalue weighted by molar-refractivity contribution is 5.42. The van der Waals surface area contributed by atoms with Gasteiger partial charge in [0.1, 0.15) is 5.65 Å². The van der Waals surface area contributed by atoms with Gasteiger partial charge in [0.15, 0.2) is 0 Å². The normalized spacial score (nSPS) is 13.1. The van der Waals surface area contributed by atoms with Gasteiger partial charge in [-0.15, -0.1) is 0 Å². The zero-order valence-electron chi connectivity index (χ0n) is 10.9. The van der Waals surface area contributed by atoms with Gasteiger partial charge in [0, 0.05) is 18.8 Å². The number of hydrogen-bond acceptors (Lipinski definition) is 2. The first kappa shape index (κ1) is 12.1. The Hall–Kier alpha value is -1.35. The lowest BCUT2D eigenvalue weighted by atomic mass is 10.2. The first-order valence-electron chi connectivity index (χ1n) is 6.38. The highest BCUT2D eigenvalue weighted by Crippen LogP contribution is 2.11. The Kier molecular flexibility index (Phi) is 3.79. The smallest absolute Gasteiger partial charge is 0.137 e. The van der Waals surface area contributed by atoms with Gasteiger partial charge in [0.2, 0.25) is 0 Å². The lowest BCUT2D eigenvalue weighted by Gasteiger charge is -2.12. The topological polar surface area (TPSA) is 29.3 Å². The number of fused-ring (bicyclic) bond motifs is 1. The molecule has 2 heterocycles. The summed E-state index contributed by atoms with van der Waals surface area (Å²) >= 11 is 0. The van der Waals surface area contributed by atoms with Crippen LogP contribution in [0, 0.1) is 6.92 Å². The third kappa shape index (κ3) is 2.67. The molecule has 17 heavy (non-hydrogen) atoms. The Labute approximate surface area is 103 Å². The summed E-state index contributed by atoms with van der Waals surface area (Å²) < 4.78 is 2.17. The molecule has 92 valence electrons. The second-order valence-electron chi connectivity index (χ2n) is 4.64. The Morgan fingerprint density at radius 2 is 2.24 bits per heavy atom. The van der Waals surface area contributed by atoms with E-state index in [9.17, 15) is 0 Å². The molecule has 0 amide bonds. The Balaban J connectivity index is 2.15. The number of rotatable bonds is 5. The minimum Gasteiger partial charge on any atom is -0.309 e. The van der Waals surface area contributed by atoms with Gasteiger partial charge < -0.3 is 9.72 Å². The van der Waals surface area contributed by atoms with Gasteiger partial charge in [-0.25, -0.2) is 4.98 Å². The highest BCUT2D eigenvalue weighted by Gasteiger charge is 2.08. The molecule has 3 heteroatoms. The van der Waals surface area contributed by atoms with Crippen LogP contribution in [0.5, 0.6) is 0 Å². The summed E-state index contributed by atoms with van der Waals surface area (Å²) in [6, 6.07) is 6.69.